The van der Waals surface area contributed by atoms with Crippen LogP contribution in [-0.4, -0.2) is 17.3 Å². The summed E-state index contributed by atoms with van der Waals surface area (Å²) in [5, 5.41) is 13.1. The zero-order valence-electron chi connectivity index (χ0n) is 10.2. The first kappa shape index (κ1) is 14.0. The van der Waals surface area contributed by atoms with E-state index >= 15 is 0 Å². The quantitative estimate of drug-likeness (QED) is 0.668. The molecule has 6 heteroatoms. The van der Waals surface area contributed by atoms with Crippen LogP contribution in [0.5, 0.6) is 0 Å². The first-order valence-corrected chi connectivity index (χ1v) is 6.01. The highest BCUT2D eigenvalue weighted by Gasteiger charge is 2.06. The molecular formula is C14H10ClFN2O2. The minimum atomic E-state index is -1.06. The highest BCUT2D eigenvalue weighted by atomic mass is 35.5. The molecule has 0 saturated heterocycles. The Hall–Kier alpha value is -2.40. The summed E-state index contributed by atoms with van der Waals surface area (Å²) < 4.78 is 13.0. The molecule has 0 radical (unpaired) electrons. The van der Waals surface area contributed by atoms with Gasteiger partial charge in [-0.15, -0.1) is 0 Å². The van der Waals surface area contributed by atoms with Crippen LogP contribution < -0.4 is 5.43 Å². The lowest BCUT2D eigenvalue weighted by Gasteiger charge is -2.04. The molecule has 2 aromatic rings. The number of carbonyl (C=O) groups is 1. The molecule has 0 saturated carbocycles. The Morgan fingerprint density at radius 3 is 2.80 bits per heavy atom. The third kappa shape index (κ3) is 3.55. The van der Waals surface area contributed by atoms with E-state index in [1.165, 1.54) is 36.5 Å². The monoisotopic (exact) mass is 292 g/mol. The number of carboxylic acid groups (broad SMARTS) is 1. The Bertz CT molecular complexity index is 674. The standard InChI is InChI=1S/C14H10ClFN2O2/c15-12-5-4-10(14(19)20)7-13(12)18-17-8-9-2-1-3-11(16)6-9/h1-8,18H,(H,19,20)/b17-8-. The summed E-state index contributed by atoms with van der Waals surface area (Å²) >= 11 is 5.92. The maximum atomic E-state index is 13.0. The van der Waals surface area contributed by atoms with Gasteiger partial charge >= 0.3 is 5.97 Å². The topological polar surface area (TPSA) is 61.7 Å². The van der Waals surface area contributed by atoms with Crippen molar-refractivity contribution in [2.45, 2.75) is 0 Å². The summed E-state index contributed by atoms with van der Waals surface area (Å²) in [4.78, 5) is 10.8. The number of rotatable bonds is 4. The van der Waals surface area contributed by atoms with Crippen LogP contribution in [0.25, 0.3) is 0 Å². The van der Waals surface area contributed by atoms with Crippen LogP contribution in [0.1, 0.15) is 15.9 Å². The minimum Gasteiger partial charge on any atom is -0.478 e. The van der Waals surface area contributed by atoms with Gasteiger partial charge < -0.3 is 5.11 Å². The van der Waals surface area contributed by atoms with E-state index in [0.29, 0.717) is 16.3 Å². The van der Waals surface area contributed by atoms with Crippen molar-refractivity contribution in [1.82, 2.24) is 0 Å². The first-order chi connectivity index (χ1) is 9.56. The van der Waals surface area contributed by atoms with Gasteiger partial charge in [0.05, 0.1) is 22.5 Å². The number of benzene rings is 2. The third-order valence-electron chi connectivity index (χ3n) is 2.46. The fourth-order valence-electron chi connectivity index (χ4n) is 1.51. The second kappa shape index (κ2) is 6.16. The van der Waals surface area contributed by atoms with E-state index in [9.17, 15) is 9.18 Å². The number of hydrogen-bond acceptors (Lipinski definition) is 3. The Morgan fingerprint density at radius 2 is 2.10 bits per heavy atom. The first-order valence-electron chi connectivity index (χ1n) is 5.64. The van der Waals surface area contributed by atoms with Crippen molar-refractivity contribution in [3.63, 3.8) is 0 Å². The fraction of sp³-hybridized carbons (Fsp3) is 0. The van der Waals surface area contributed by atoms with Crippen molar-refractivity contribution in [3.05, 3.63) is 64.4 Å². The van der Waals surface area contributed by atoms with Crippen LogP contribution in [0.15, 0.2) is 47.6 Å². The number of hydrogen-bond donors (Lipinski definition) is 2. The van der Waals surface area contributed by atoms with Crippen molar-refractivity contribution in [2.24, 2.45) is 5.10 Å². The van der Waals surface area contributed by atoms with E-state index in [-0.39, 0.29) is 11.4 Å². The van der Waals surface area contributed by atoms with E-state index < -0.39 is 5.97 Å². The average molecular weight is 293 g/mol. The molecule has 0 aliphatic carbocycles. The number of nitrogens with zero attached hydrogens (tertiary/aromatic N) is 1. The van der Waals surface area contributed by atoms with Crippen LogP contribution >= 0.6 is 11.6 Å². The Labute approximate surface area is 119 Å². The molecular weight excluding hydrogens is 283 g/mol. The number of anilines is 1. The summed E-state index contributed by atoms with van der Waals surface area (Å²) in [5.41, 5.74) is 3.66. The van der Waals surface area contributed by atoms with Gasteiger partial charge in [0, 0.05) is 0 Å². The highest BCUT2D eigenvalue weighted by molar-refractivity contribution is 6.33. The molecule has 0 bridgehead atoms. The van der Waals surface area contributed by atoms with Gasteiger partial charge in [0.25, 0.3) is 0 Å². The molecule has 102 valence electrons. The van der Waals surface area contributed by atoms with E-state index in [1.54, 1.807) is 12.1 Å². The van der Waals surface area contributed by atoms with Crippen LogP contribution in [0.2, 0.25) is 5.02 Å². The normalized spacial score (nSPS) is 10.7. The van der Waals surface area contributed by atoms with Gasteiger partial charge in [0.1, 0.15) is 5.82 Å². The largest absolute Gasteiger partial charge is 0.478 e. The van der Waals surface area contributed by atoms with Gasteiger partial charge in [-0.25, -0.2) is 9.18 Å². The van der Waals surface area contributed by atoms with Gasteiger partial charge in [-0.3, -0.25) is 5.43 Å². The Kier molecular flexibility index (Phi) is 4.32. The predicted molar refractivity (Wildman–Crippen MR) is 76.0 cm³/mol. The highest BCUT2D eigenvalue weighted by Crippen LogP contribution is 2.23. The molecule has 20 heavy (non-hydrogen) atoms. The summed E-state index contributed by atoms with van der Waals surface area (Å²) in [6.07, 6.45) is 1.41. The number of hydrazone groups is 1. The molecule has 0 unspecified atom stereocenters. The molecule has 0 aromatic heterocycles. The van der Waals surface area contributed by atoms with Gasteiger partial charge in [-0.05, 0) is 35.9 Å². The summed E-state index contributed by atoms with van der Waals surface area (Å²) in [6.45, 7) is 0. The van der Waals surface area contributed by atoms with Gasteiger partial charge in [0.2, 0.25) is 0 Å². The van der Waals surface area contributed by atoms with Gasteiger partial charge in [0.15, 0.2) is 0 Å². The Balaban J connectivity index is 2.14. The third-order valence-corrected chi connectivity index (χ3v) is 2.79. The smallest absolute Gasteiger partial charge is 0.335 e. The summed E-state index contributed by atoms with van der Waals surface area (Å²) in [5.74, 6) is -1.42. The molecule has 2 rings (SSSR count). The van der Waals surface area contributed by atoms with Gasteiger partial charge in [-0.1, -0.05) is 23.7 Å². The van der Waals surface area contributed by atoms with E-state index in [1.807, 2.05) is 0 Å². The average Bonchev–Trinajstić information content (AvgIpc) is 2.40. The number of aromatic carboxylic acids is 1. The van der Waals surface area contributed by atoms with E-state index in [4.69, 9.17) is 16.7 Å². The fourth-order valence-corrected chi connectivity index (χ4v) is 1.67. The van der Waals surface area contributed by atoms with Crippen LogP contribution in [0.4, 0.5) is 10.1 Å². The number of halogens is 2. The maximum Gasteiger partial charge on any atom is 0.335 e. The minimum absolute atomic E-state index is 0.0952. The molecule has 0 heterocycles. The SMILES string of the molecule is O=C(O)c1ccc(Cl)c(N/N=C\c2cccc(F)c2)c1. The van der Waals surface area contributed by atoms with Crippen LogP contribution in [-0.2, 0) is 0 Å². The number of carboxylic acids is 1. The Morgan fingerprint density at radius 1 is 1.30 bits per heavy atom. The summed E-state index contributed by atoms with van der Waals surface area (Å²) in [7, 11) is 0. The second-order valence-corrected chi connectivity index (χ2v) is 4.33. The van der Waals surface area contributed by atoms with Crippen molar-refractivity contribution in [3.8, 4) is 0 Å². The summed E-state index contributed by atoms with van der Waals surface area (Å²) in [6, 6.07) is 10.1. The van der Waals surface area contributed by atoms with Crippen LogP contribution in [0.3, 0.4) is 0 Å². The van der Waals surface area contributed by atoms with Crippen molar-refractivity contribution < 1.29 is 14.3 Å². The number of nitrogens with one attached hydrogen (secondary N) is 1. The van der Waals surface area contributed by atoms with Crippen LogP contribution in [0, 0.1) is 5.82 Å². The molecule has 0 atom stereocenters. The van der Waals surface area contributed by atoms with Crippen molar-refractivity contribution >= 4 is 29.5 Å². The molecule has 2 N–H and O–H groups in total. The molecule has 0 aliphatic rings. The molecule has 0 aliphatic heterocycles. The lowest BCUT2D eigenvalue weighted by molar-refractivity contribution is 0.0697. The van der Waals surface area contributed by atoms with E-state index in [0.717, 1.165) is 0 Å². The predicted octanol–water partition coefficient (Wildman–Crippen LogP) is 3.62. The van der Waals surface area contributed by atoms with E-state index in [2.05, 4.69) is 10.5 Å². The van der Waals surface area contributed by atoms with Crippen molar-refractivity contribution in [2.75, 3.05) is 5.43 Å². The molecule has 0 amide bonds. The second-order valence-electron chi connectivity index (χ2n) is 3.92. The van der Waals surface area contributed by atoms with Crippen molar-refractivity contribution in [1.29, 1.82) is 0 Å². The lowest BCUT2D eigenvalue weighted by atomic mass is 10.2. The zero-order chi connectivity index (χ0) is 14.5. The van der Waals surface area contributed by atoms with Gasteiger partial charge in [-0.2, -0.15) is 5.10 Å². The molecule has 0 spiro atoms. The zero-order valence-corrected chi connectivity index (χ0v) is 10.9. The molecule has 2 aromatic carbocycles. The molecule has 4 nitrogen and oxygen atoms in total. The lowest BCUT2D eigenvalue weighted by Crippen LogP contribution is -1.98. The molecule has 0 fully saturated rings. The maximum absolute atomic E-state index is 13.0.